The Morgan fingerprint density at radius 3 is 2.29 bits per heavy atom. The molecule has 0 aromatic rings. The molecule has 0 aromatic heterocycles. The van der Waals surface area contributed by atoms with E-state index < -0.39 is 16.7 Å². The minimum Gasteiger partial charge on any atom is -0.425 e. The third kappa shape index (κ3) is 5.42. The zero-order chi connectivity index (χ0) is 5.86. The summed E-state index contributed by atoms with van der Waals surface area (Å²) >= 11 is 0. The van der Waals surface area contributed by atoms with Crippen LogP contribution in [0.4, 0.5) is 0 Å². The van der Waals surface area contributed by atoms with Gasteiger partial charge in [0, 0.05) is 6.92 Å². The van der Waals surface area contributed by atoms with Gasteiger partial charge in [0.05, 0.1) is 0 Å². The number of nitrogens with one attached hydrogen (secondary N) is 2. The molecule has 0 unspecified atom stereocenters. The van der Waals surface area contributed by atoms with Crippen molar-refractivity contribution in [3.63, 3.8) is 0 Å². The first kappa shape index (κ1) is 6.42. The molecule has 0 fully saturated rings. The van der Waals surface area contributed by atoms with Crippen LogP contribution in [0.15, 0.2) is 0 Å². The topological polar surface area (TPSA) is 70.0 Å². The molecule has 0 atom stereocenters. The van der Waals surface area contributed by atoms with Crippen LogP contribution in [-0.4, -0.2) is 5.91 Å². The highest BCUT2D eigenvalue weighted by Crippen LogP contribution is 1.56. The van der Waals surface area contributed by atoms with Gasteiger partial charge in [-0.3, -0.25) is 4.79 Å². The van der Waals surface area contributed by atoms with E-state index >= 15 is 0 Å². The van der Waals surface area contributed by atoms with Gasteiger partial charge in [0.1, 0.15) is 0 Å². The maximum absolute atomic E-state index is 9.83. The molecule has 1 amide bonds. The monoisotopic (exact) mass is 121 g/mol. The molecule has 0 bridgehead atoms. The maximum atomic E-state index is 9.83. The van der Waals surface area contributed by atoms with Gasteiger partial charge in [0.25, 0.3) is 0 Å². The van der Waals surface area contributed by atoms with Crippen LogP contribution in [-0.2, 0) is 19.8 Å². The summed E-state index contributed by atoms with van der Waals surface area (Å²) in [5, 5.41) is 0. The van der Waals surface area contributed by atoms with Crippen molar-refractivity contribution in [1.29, 1.82) is 4.78 Å². The molecule has 7 heavy (non-hydrogen) atoms. The number of carbonyl (C=O) groups is 1. The fourth-order valence-corrected chi connectivity index (χ4v) is 0.392. The average molecular weight is 121 g/mol. The van der Waals surface area contributed by atoms with Crippen LogP contribution in [0.3, 0.4) is 0 Å². The predicted octanol–water partition coefficient (Wildman–Crippen LogP) is -0.236. The first-order chi connectivity index (χ1) is 3.13. The summed E-state index contributed by atoms with van der Waals surface area (Å²) in [5.74, 6) is -0.451. The molecule has 42 valence electrons. The van der Waals surface area contributed by atoms with E-state index in [2.05, 4.69) is 0 Å². The number of rotatable bonds is 1. The van der Waals surface area contributed by atoms with Crippen LogP contribution >= 0.6 is 0 Å². The van der Waals surface area contributed by atoms with Crippen molar-refractivity contribution in [1.82, 2.24) is 4.72 Å². The lowest BCUT2D eigenvalue weighted by Crippen LogP contribution is -2.15. The van der Waals surface area contributed by atoms with E-state index in [1.165, 1.54) is 6.92 Å². The number of hydrogen-bond donors (Lipinski definition) is 2. The molecule has 2 N–H and O–H groups in total. The molecule has 0 saturated carbocycles. The minimum atomic E-state index is -1.95. The van der Waals surface area contributed by atoms with Gasteiger partial charge >= 0.3 is 0 Å². The summed E-state index contributed by atoms with van der Waals surface area (Å²) in [6, 6.07) is 0. The summed E-state index contributed by atoms with van der Waals surface area (Å²) in [4.78, 5) is 9.83. The Morgan fingerprint density at radius 2 is 2.29 bits per heavy atom. The van der Waals surface area contributed by atoms with Crippen LogP contribution in [0.2, 0.25) is 0 Å². The second-order valence-electron chi connectivity index (χ2n) is 0.927. The summed E-state index contributed by atoms with van der Waals surface area (Å²) in [6.07, 6.45) is 0. The quantitative estimate of drug-likeness (QED) is 0.470. The van der Waals surface area contributed by atoms with Crippen LogP contribution in [0.1, 0.15) is 6.92 Å². The van der Waals surface area contributed by atoms with Crippen molar-refractivity contribution < 1.29 is 9.00 Å². The molecule has 0 radical (unpaired) electrons. The van der Waals surface area contributed by atoms with Crippen molar-refractivity contribution >= 4 is 16.7 Å². The standard InChI is InChI=1S/C2H5N2O2S/c1-2(5)4-7(3)6/h1H3,(H2,3,4,5,6)/q-1. The zero-order valence-electron chi connectivity index (χ0n) is 3.72. The van der Waals surface area contributed by atoms with Gasteiger partial charge < -0.3 is 13.7 Å². The molecule has 4 nitrogen and oxygen atoms in total. The van der Waals surface area contributed by atoms with Gasteiger partial charge in [-0.25, -0.2) is 0 Å². The number of amides is 1. The third-order valence-electron chi connectivity index (χ3n) is 0.236. The molecule has 0 aliphatic carbocycles. The van der Waals surface area contributed by atoms with Gasteiger partial charge in [0.15, 0.2) is 0 Å². The summed E-state index contributed by atoms with van der Waals surface area (Å²) in [7, 11) is -1.95. The van der Waals surface area contributed by atoms with Crippen molar-refractivity contribution in [3.8, 4) is 0 Å². The highest BCUT2D eigenvalue weighted by molar-refractivity contribution is 7.72. The van der Waals surface area contributed by atoms with E-state index in [4.69, 9.17) is 4.78 Å². The fraction of sp³-hybridized carbons (Fsp3) is 0.500. The number of hydrogen-bond acceptors (Lipinski definition) is 4. The van der Waals surface area contributed by atoms with E-state index in [0.29, 0.717) is 0 Å². The SMILES string of the molecule is CC(=O)N[S-](=N)=O. The van der Waals surface area contributed by atoms with E-state index in [-0.39, 0.29) is 0 Å². The van der Waals surface area contributed by atoms with Gasteiger partial charge in [-0.1, -0.05) is 0 Å². The smallest absolute Gasteiger partial charge is 0.201 e. The fourth-order valence-electron chi connectivity index (χ4n) is 0.131. The lowest BCUT2D eigenvalue weighted by molar-refractivity contribution is -0.117. The predicted molar refractivity (Wildman–Crippen MR) is 24.6 cm³/mol. The van der Waals surface area contributed by atoms with E-state index in [1.54, 1.807) is 4.72 Å². The second kappa shape index (κ2) is 2.57. The largest absolute Gasteiger partial charge is 0.425 e. The summed E-state index contributed by atoms with van der Waals surface area (Å²) < 4.78 is 17.8. The van der Waals surface area contributed by atoms with Crippen molar-refractivity contribution in [2.45, 2.75) is 6.92 Å². The lowest BCUT2D eigenvalue weighted by atomic mass is 10.8. The third-order valence-corrected chi connectivity index (χ3v) is 0.709. The normalized spacial score (nSPS) is 8.86. The van der Waals surface area contributed by atoms with Crippen LogP contribution in [0, 0.1) is 4.78 Å². The van der Waals surface area contributed by atoms with E-state index in [9.17, 15) is 9.00 Å². The highest BCUT2D eigenvalue weighted by Gasteiger charge is 1.74. The summed E-state index contributed by atoms with van der Waals surface area (Å²) in [5.41, 5.74) is 0. The zero-order valence-corrected chi connectivity index (χ0v) is 4.54. The Kier molecular flexibility index (Phi) is 2.36. The van der Waals surface area contributed by atoms with E-state index in [0.717, 1.165) is 0 Å². The van der Waals surface area contributed by atoms with Gasteiger partial charge in [0.2, 0.25) is 5.91 Å². The molecular weight excluding hydrogens is 116 g/mol. The Morgan fingerprint density at radius 1 is 1.86 bits per heavy atom. The van der Waals surface area contributed by atoms with Crippen molar-refractivity contribution in [2.75, 3.05) is 0 Å². The average Bonchev–Trinajstić information content (AvgIpc) is 1.27. The summed E-state index contributed by atoms with van der Waals surface area (Å²) in [6.45, 7) is 1.20. The van der Waals surface area contributed by atoms with Crippen molar-refractivity contribution in [2.24, 2.45) is 0 Å². The Bertz CT molecular complexity index is 131. The molecule has 0 spiro atoms. The minimum absolute atomic E-state index is 0.451. The molecule has 0 aliphatic rings. The van der Waals surface area contributed by atoms with E-state index in [1.807, 2.05) is 0 Å². The molecule has 0 aromatic carbocycles. The highest BCUT2D eigenvalue weighted by atomic mass is 32.2. The molecule has 0 rings (SSSR count). The maximum Gasteiger partial charge on any atom is 0.201 e. The van der Waals surface area contributed by atoms with Crippen LogP contribution in [0.25, 0.3) is 0 Å². The number of carbonyl (C=O) groups excluding carboxylic acids is 1. The molecule has 0 saturated heterocycles. The first-order valence-electron chi connectivity index (χ1n) is 1.53. The lowest BCUT2D eigenvalue weighted by Gasteiger charge is -1.96. The molecule has 0 heterocycles. The van der Waals surface area contributed by atoms with Crippen LogP contribution < -0.4 is 4.72 Å². The first-order valence-corrected chi connectivity index (χ1v) is 2.68. The Hall–Kier alpha value is -0.580. The van der Waals surface area contributed by atoms with Crippen LogP contribution in [0.5, 0.6) is 0 Å². The molecule has 5 heteroatoms. The second-order valence-corrected chi connectivity index (χ2v) is 1.67. The van der Waals surface area contributed by atoms with Crippen molar-refractivity contribution in [3.05, 3.63) is 0 Å². The Labute approximate surface area is 43.1 Å². The molecular formula is C2H5N2O2S-. The van der Waals surface area contributed by atoms with Gasteiger partial charge in [-0.15, -0.1) is 10.8 Å². The van der Waals surface area contributed by atoms with Gasteiger partial charge in [-0.05, 0) is 0 Å². The van der Waals surface area contributed by atoms with Gasteiger partial charge in [-0.2, -0.15) is 0 Å². The molecule has 0 aliphatic heterocycles. The Balaban J connectivity index is 3.53.